The van der Waals surface area contributed by atoms with E-state index in [9.17, 15) is 14.7 Å². The topological polar surface area (TPSA) is 71.3 Å². The molecule has 1 saturated carbocycles. The summed E-state index contributed by atoms with van der Waals surface area (Å²) < 4.78 is 2.05. The van der Waals surface area contributed by atoms with Crippen molar-refractivity contribution in [2.75, 3.05) is 0 Å². The molecule has 2 N–H and O–H groups in total. The number of nitrogens with one attached hydrogen (secondary N) is 1. The largest absolute Gasteiger partial charge is 0.494 e. The zero-order chi connectivity index (χ0) is 18.4. The molecule has 5 nitrogen and oxygen atoms in total. The number of nitrogens with zero attached hydrogens (tertiary/aromatic N) is 1. The number of benzene rings is 2. The van der Waals surface area contributed by atoms with Crippen LogP contribution in [-0.4, -0.2) is 21.6 Å². The van der Waals surface area contributed by atoms with Gasteiger partial charge < -0.3 is 10.4 Å². The van der Waals surface area contributed by atoms with Gasteiger partial charge in [-0.1, -0.05) is 28.1 Å². The fourth-order valence-corrected chi connectivity index (χ4v) is 3.35. The molecular formula is C20H17BrN2O3. The van der Waals surface area contributed by atoms with Crippen molar-refractivity contribution < 1.29 is 9.90 Å². The van der Waals surface area contributed by atoms with Gasteiger partial charge in [0.2, 0.25) is 5.88 Å². The first-order valence-corrected chi connectivity index (χ1v) is 9.19. The Bertz CT molecular complexity index is 1100. The Hall–Kier alpha value is -2.60. The Kier molecular flexibility index (Phi) is 4.07. The van der Waals surface area contributed by atoms with E-state index in [1.807, 2.05) is 13.0 Å². The van der Waals surface area contributed by atoms with Gasteiger partial charge in [0.15, 0.2) is 0 Å². The molecule has 0 unspecified atom stereocenters. The molecule has 1 aliphatic carbocycles. The minimum Gasteiger partial charge on any atom is -0.494 e. The maximum atomic E-state index is 12.7. The van der Waals surface area contributed by atoms with Crippen molar-refractivity contribution in [3.63, 3.8) is 0 Å². The summed E-state index contributed by atoms with van der Waals surface area (Å²) in [6, 6.07) is 12.3. The molecule has 1 fully saturated rings. The van der Waals surface area contributed by atoms with Crippen LogP contribution in [0.2, 0.25) is 0 Å². The first-order chi connectivity index (χ1) is 12.4. The minimum atomic E-state index is -0.347. The Morgan fingerprint density at radius 1 is 1.19 bits per heavy atom. The van der Waals surface area contributed by atoms with Crippen LogP contribution in [0.3, 0.4) is 0 Å². The molecule has 6 heteroatoms. The van der Waals surface area contributed by atoms with Crippen molar-refractivity contribution in [1.82, 2.24) is 9.88 Å². The van der Waals surface area contributed by atoms with Crippen molar-refractivity contribution in [2.24, 2.45) is 0 Å². The lowest BCUT2D eigenvalue weighted by atomic mass is 10.1. The number of fused-ring (bicyclic) bond motifs is 1. The van der Waals surface area contributed by atoms with Crippen molar-refractivity contribution >= 4 is 32.6 Å². The van der Waals surface area contributed by atoms with Crippen molar-refractivity contribution in [1.29, 1.82) is 0 Å². The fraction of sp³-hybridized carbons (Fsp3) is 0.200. The van der Waals surface area contributed by atoms with E-state index in [0.29, 0.717) is 22.0 Å². The Balaban J connectivity index is 1.89. The predicted molar refractivity (Wildman–Crippen MR) is 104 cm³/mol. The van der Waals surface area contributed by atoms with Crippen LogP contribution in [0, 0.1) is 6.92 Å². The first kappa shape index (κ1) is 16.8. The number of aromatic hydroxyl groups is 1. The number of carbonyl (C=O) groups is 1. The fourth-order valence-electron chi connectivity index (χ4n) is 2.99. The van der Waals surface area contributed by atoms with Crippen LogP contribution >= 0.6 is 15.9 Å². The van der Waals surface area contributed by atoms with Crippen molar-refractivity contribution in [3.8, 4) is 11.6 Å². The standard InChI is InChI=1S/C20H17BrN2O3/c1-11-2-3-13(19(25)22-15-6-7-15)8-17(11)23-18(24)9-12-4-5-14(21)10-16(12)20(23)26/h2-5,8-10,15,26H,6-7H2,1H3,(H,22,25). The maximum Gasteiger partial charge on any atom is 0.258 e. The molecule has 26 heavy (non-hydrogen) atoms. The summed E-state index contributed by atoms with van der Waals surface area (Å²) in [5.74, 6) is -0.304. The third-order valence-electron chi connectivity index (χ3n) is 4.59. The number of carbonyl (C=O) groups excluding carboxylic acids is 1. The van der Waals surface area contributed by atoms with E-state index in [1.165, 1.54) is 10.6 Å². The average Bonchev–Trinajstić information content (AvgIpc) is 3.41. The smallest absolute Gasteiger partial charge is 0.258 e. The van der Waals surface area contributed by atoms with Crippen LogP contribution in [0.25, 0.3) is 16.5 Å². The molecule has 0 aliphatic heterocycles. The lowest BCUT2D eigenvalue weighted by Gasteiger charge is -2.15. The highest BCUT2D eigenvalue weighted by Gasteiger charge is 2.24. The van der Waals surface area contributed by atoms with E-state index in [-0.39, 0.29) is 23.4 Å². The third-order valence-corrected chi connectivity index (χ3v) is 5.09. The average molecular weight is 413 g/mol. The van der Waals surface area contributed by atoms with E-state index < -0.39 is 0 Å². The molecular weight excluding hydrogens is 396 g/mol. The molecule has 4 rings (SSSR count). The number of aryl methyl sites for hydroxylation is 1. The Morgan fingerprint density at radius 2 is 1.96 bits per heavy atom. The number of pyridine rings is 1. The molecule has 132 valence electrons. The molecule has 1 amide bonds. The van der Waals surface area contributed by atoms with Gasteiger partial charge in [0, 0.05) is 27.5 Å². The monoisotopic (exact) mass is 412 g/mol. The number of aromatic nitrogens is 1. The van der Waals surface area contributed by atoms with Crippen LogP contribution in [0.4, 0.5) is 0 Å². The molecule has 1 aromatic heterocycles. The van der Waals surface area contributed by atoms with Crippen LogP contribution in [0.1, 0.15) is 28.8 Å². The molecule has 0 atom stereocenters. The minimum absolute atomic E-state index is 0.142. The highest BCUT2D eigenvalue weighted by atomic mass is 79.9. The summed E-state index contributed by atoms with van der Waals surface area (Å²) in [6.45, 7) is 1.84. The summed E-state index contributed by atoms with van der Waals surface area (Å²) in [5.41, 5.74) is 1.41. The first-order valence-electron chi connectivity index (χ1n) is 8.40. The molecule has 2 aromatic carbocycles. The van der Waals surface area contributed by atoms with Gasteiger partial charge in [0.05, 0.1) is 5.69 Å². The Labute approximate surface area is 158 Å². The second kappa shape index (κ2) is 6.29. The molecule has 1 aliphatic rings. The number of amides is 1. The normalized spacial score (nSPS) is 13.8. The second-order valence-corrected chi connectivity index (χ2v) is 7.54. The summed E-state index contributed by atoms with van der Waals surface area (Å²) >= 11 is 3.39. The van der Waals surface area contributed by atoms with E-state index in [1.54, 1.807) is 30.3 Å². The Morgan fingerprint density at radius 3 is 2.69 bits per heavy atom. The lowest BCUT2D eigenvalue weighted by Crippen LogP contribution is -2.26. The van der Waals surface area contributed by atoms with Gasteiger partial charge in [-0.05, 0) is 55.0 Å². The van der Waals surface area contributed by atoms with Gasteiger partial charge in [-0.25, -0.2) is 4.57 Å². The van der Waals surface area contributed by atoms with Gasteiger partial charge >= 0.3 is 0 Å². The third kappa shape index (κ3) is 3.01. The molecule has 1 heterocycles. The van der Waals surface area contributed by atoms with E-state index in [0.717, 1.165) is 22.9 Å². The van der Waals surface area contributed by atoms with Crippen LogP contribution < -0.4 is 10.9 Å². The summed E-state index contributed by atoms with van der Waals surface area (Å²) in [5, 5.41) is 14.9. The number of halogens is 1. The van der Waals surface area contributed by atoms with Crippen LogP contribution in [0.15, 0.2) is 51.7 Å². The zero-order valence-corrected chi connectivity index (χ0v) is 15.7. The van der Waals surface area contributed by atoms with Crippen LogP contribution in [0.5, 0.6) is 5.88 Å². The van der Waals surface area contributed by atoms with Gasteiger partial charge in [-0.15, -0.1) is 0 Å². The number of hydrogen-bond acceptors (Lipinski definition) is 3. The SMILES string of the molecule is Cc1ccc(C(=O)NC2CC2)cc1-n1c(O)c2cc(Br)ccc2cc1=O. The highest BCUT2D eigenvalue weighted by molar-refractivity contribution is 9.10. The van der Waals surface area contributed by atoms with E-state index >= 15 is 0 Å². The summed E-state index contributed by atoms with van der Waals surface area (Å²) in [6.07, 6.45) is 2.01. The molecule has 0 bridgehead atoms. The van der Waals surface area contributed by atoms with E-state index in [4.69, 9.17) is 0 Å². The quantitative estimate of drug-likeness (QED) is 0.689. The summed E-state index contributed by atoms with van der Waals surface area (Å²) in [4.78, 5) is 25.0. The highest BCUT2D eigenvalue weighted by Crippen LogP contribution is 2.29. The lowest BCUT2D eigenvalue weighted by molar-refractivity contribution is 0.0951. The molecule has 0 radical (unpaired) electrons. The predicted octanol–water partition coefficient (Wildman–Crippen LogP) is 3.66. The van der Waals surface area contributed by atoms with Gasteiger partial charge in [0.1, 0.15) is 0 Å². The van der Waals surface area contributed by atoms with Gasteiger partial charge in [-0.2, -0.15) is 0 Å². The number of hydrogen-bond donors (Lipinski definition) is 2. The van der Waals surface area contributed by atoms with Crippen molar-refractivity contribution in [2.45, 2.75) is 25.8 Å². The maximum absolute atomic E-state index is 12.7. The van der Waals surface area contributed by atoms with Crippen LogP contribution in [-0.2, 0) is 0 Å². The van der Waals surface area contributed by atoms with E-state index in [2.05, 4.69) is 21.2 Å². The van der Waals surface area contributed by atoms with Gasteiger partial charge in [0.25, 0.3) is 11.5 Å². The number of rotatable bonds is 3. The molecule has 0 saturated heterocycles. The summed E-state index contributed by atoms with van der Waals surface area (Å²) in [7, 11) is 0. The second-order valence-electron chi connectivity index (χ2n) is 6.62. The van der Waals surface area contributed by atoms with Gasteiger partial charge in [-0.3, -0.25) is 9.59 Å². The molecule has 0 spiro atoms. The molecule has 3 aromatic rings. The zero-order valence-electron chi connectivity index (χ0n) is 14.1. The van der Waals surface area contributed by atoms with Crippen molar-refractivity contribution in [3.05, 3.63) is 68.4 Å².